The smallest absolute Gasteiger partial charge is 0.365 e. The van der Waals surface area contributed by atoms with E-state index >= 15 is 0 Å². The van der Waals surface area contributed by atoms with E-state index in [1.807, 2.05) is 11.8 Å². The van der Waals surface area contributed by atoms with Crippen LogP contribution in [-0.4, -0.2) is 55.3 Å². The lowest BCUT2D eigenvalue weighted by molar-refractivity contribution is -0.139. The summed E-state index contributed by atoms with van der Waals surface area (Å²) in [6.45, 7) is 4.49. The molecule has 1 aliphatic carbocycles. The molecule has 4 atom stereocenters. The van der Waals surface area contributed by atoms with Gasteiger partial charge in [0.15, 0.2) is 6.10 Å². The van der Waals surface area contributed by atoms with Gasteiger partial charge in [0.05, 0.1) is 23.7 Å². The fourth-order valence-electron chi connectivity index (χ4n) is 5.75. The summed E-state index contributed by atoms with van der Waals surface area (Å²) in [5.74, 6) is 0.733. The van der Waals surface area contributed by atoms with Crippen LogP contribution in [0, 0.1) is 11.8 Å². The number of rotatable bonds is 3. The third kappa shape index (κ3) is 4.40. The zero-order valence-electron chi connectivity index (χ0n) is 18.6. The Kier molecular flexibility index (Phi) is 5.95. The van der Waals surface area contributed by atoms with Crippen LogP contribution in [0.4, 0.5) is 18.9 Å². The molecule has 1 saturated carbocycles. The Hall–Kier alpha value is -2.39. The summed E-state index contributed by atoms with van der Waals surface area (Å²) in [5, 5.41) is 7.14. The van der Waals surface area contributed by atoms with Crippen molar-refractivity contribution in [3.63, 3.8) is 0 Å². The van der Waals surface area contributed by atoms with Crippen LogP contribution in [-0.2, 0) is 15.7 Å². The Morgan fingerprint density at radius 3 is 2.67 bits per heavy atom. The average molecular weight is 463 g/mol. The van der Waals surface area contributed by atoms with Gasteiger partial charge in [0.25, 0.3) is 5.91 Å². The summed E-state index contributed by atoms with van der Waals surface area (Å²) in [7, 11) is 0. The number of halogens is 3. The second kappa shape index (κ2) is 8.76. The summed E-state index contributed by atoms with van der Waals surface area (Å²) in [4.78, 5) is 19.2. The molecule has 3 heterocycles. The number of pyridine rings is 1. The first-order chi connectivity index (χ1) is 15.8. The maximum atomic E-state index is 13.5. The SMILES string of the molecule is C[C@@H]1CN(c2ccc(C(F)(F)F)c3ncccc23)C[C@H](C(=O)NC2C3CCCC2CNC3)O1. The van der Waals surface area contributed by atoms with Crippen molar-refractivity contribution in [2.24, 2.45) is 11.8 Å². The van der Waals surface area contributed by atoms with Crippen molar-refractivity contribution < 1.29 is 22.7 Å². The third-order valence-electron chi connectivity index (χ3n) is 7.23. The number of anilines is 1. The van der Waals surface area contributed by atoms with E-state index in [1.165, 1.54) is 18.7 Å². The van der Waals surface area contributed by atoms with E-state index in [2.05, 4.69) is 15.6 Å². The van der Waals surface area contributed by atoms with Crippen molar-refractivity contribution in [2.75, 3.05) is 31.1 Å². The minimum atomic E-state index is -4.49. The highest BCUT2D eigenvalue weighted by atomic mass is 19.4. The molecule has 1 aromatic carbocycles. The Morgan fingerprint density at radius 2 is 1.94 bits per heavy atom. The monoisotopic (exact) mass is 462 g/mol. The Balaban J connectivity index is 1.38. The van der Waals surface area contributed by atoms with Gasteiger partial charge in [-0.15, -0.1) is 0 Å². The minimum Gasteiger partial charge on any atom is -0.365 e. The molecule has 6 nitrogen and oxygen atoms in total. The quantitative estimate of drug-likeness (QED) is 0.733. The van der Waals surface area contributed by atoms with Crippen LogP contribution in [0.15, 0.2) is 30.5 Å². The molecule has 0 spiro atoms. The molecule has 3 aliphatic rings. The van der Waals surface area contributed by atoms with Crippen molar-refractivity contribution in [3.8, 4) is 0 Å². The molecular formula is C24H29F3N4O2. The maximum Gasteiger partial charge on any atom is 0.418 e. The van der Waals surface area contributed by atoms with Gasteiger partial charge < -0.3 is 20.3 Å². The number of hydrogen-bond donors (Lipinski definition) is 2. The predicted molar refractivity (Wildman–Crippen MR) is 119 cm³/mol. The average Bonchev–Trinajstić information content (AvgIpc) is 2.77. The first kappa shape index (κ1) is 22.4. The number of piperidine rings is 1. The Labute approximate surface area is 190 Å². The van der Waals surface area contributed by atoms with Crippen LogP contribution in [0.3, 0.4) is 0 Å². The molecule has 3 fully saturated rings. The zero-order valence-corrected chi connectivity index (χ0v) is 18.6. The number of alkyl halides is 3. The molecule has 33 heavy (non-hydrogen) atoms. The molecule has 1 aromatic heterocycles. The van der Waals surface area contributed by atoms with Crippen molar-refractivity contribution in [1.82, 2.24) is 15.6 Å². The van der Waals surface area contributed by atoms with Crippen LogP contribution in [0.5, 0.6) is 0 Å². The van der Waals surface area contributed by atoms with Gasteiger partial charge in [-0.1, -0.05) is 6.42 Å². The van der Waals surface area contributed by atoms with E-state index < -0.39 is 17.8 Å². The van der Waals surface area contributed by atoms with Crippen molar-refractivity contribution in [3.05, 3.63) is 36.0 Å². The lowest BCUT2D eigenvalue weighted by Gasteiger charge is -2.44. The lowest BCUT2D eigenvalue weighted by atomic mass is 9.74. The molecule has 178 valence electrons. The number of hydrogen-bond acceptors (Lipinski definition) is 5. The number of ether oxygens (including phenoxy) is 1. The second-order valence-electron chi connectivity index (χ2n) is 9.51. The number of aromatic nitrogens is 1. The van der Waals surface area contributed by atoms with Crippen LogP contribution in [0.25, 0.3) is 10.9 Å². The maximum absolute atomic E-state index is 13.5. The summed E-state index contributed by atoms with van der Waals surface area (Å²) in [6, 6.07) is 6.00. The van der Waals surface area contributed by atoms with E-state index in [1.54, 1.807) is 12.1 Å². The van der Waals surface area contributed by atoms with E-state index in [0.29, 0.717) is 29.5 Å². The van der Waals surface area contributed by atoms with E-state index in [0.717, 1.165) is 32.0 Å². The van der Waals surface area contributed by atoms with Gasteiger partial charge >= 0.3 is 6.18 Å². The number of amides is 1. The van der Waals surface area contributed by atoms with E-state index in [9.17, 15) is 18.0 Å². The number of morpholine rings is 1. The van der Waals surface area contributed by atoms with Crippen LogP contribution >= 0.6 is 0 Å². The number of nitrogens with zero attached hydrogens (tertiary/aromatic N) is 2. The summed E-state index contributed by atoms with van der Waals surface area (Å²) < 4.78 is 46.5. The topological polar surface area (TPSA) is 66.5 Å². The van der Waals surface area contributed by atoms with E-state index in [4.69, 9.17) is 4.74 Å². The molecule has 2 saturated heterocycles. The first-order valence-electron chi connectivity index (χ1n) is 11.7. The minimum absolute atomic E-state index is 0.0785. The van der Waals surface area contributed by atoms with Crippen molar-refractivity contribution in [1.29, 1.82) is 0 Å². The van der Waals surface area contributed by atoms with E-state index in [-0.39, 0.29) is 30.1 Å². The molecule has 1 amide bonds. The standard InChI is InChI=1S/C24H29F3N4O2/c1-14-12-31(19-8-7-18(24(25,26)27)22-17(19)6-3-9-29-22)13-20(33-14)23(32)30-21-15-4-2-5-16(21)11-28-10-15/h3,6-9,14-16,20-21,28H,2,4-5,10-13H2,1H3,(H,30,32)/t14-,15?,16?,20-,21?/m1/s1. The molecule has 2 bridgehead atoms. The van der Waals surface area contributed by atoms with Gasteiger partial charge in [-0.05, 0) is 69.0 Å². The fourth-order valence-corrected chi connectivity index (χ4v) is 5.75. The molecule has 2 N–H and O–H groups in total. The number of carbonyl (C=O) groups is 1. The Morgan fingerprint density at radius 1 is 1.18 bits per heavy atom. The van der Waals surface area contributed by atoms with Gasteiger partial charge in [0.2, 0.25) is 0 Å². The molecule has 2 unspecified atom stereocenters. The normalized spacial score (nSPS) is 30.3. The molecule has 9 heteroatoms. The number of carbonyl (C=O) groups excluding carboxylic acids is 1. The first-order valence-corrected chi connectivity index (χ1v) is 11.7. The highest BCUT2D eigenvalue weighted by Crippen LogP contribution is 2.38. The number of benzene rings is 1. The van der Waals surface area contributed by atoms with Gasteiger partial charge in [0, 0.05) is 29.9 Å². The molecule has 2 aromatic rings. The van der Waals surface area contributed by atoms with Gasteiger partial charge in [-0.25, -0.2) is 0 Å². The summed E-state index contributed by atoms with van der Waals surface area (Å²) in [5.41, 5.74) is -0.196. The Bertz CT molecular complexity index is 1010. The number of nitrogens with one attached hydrogen (secondary N) is 2. The zero-order chi connectivity index (χ0) is 23.2. The highest BCUT2D eigenvalue weighted by Gasteiger charge is 2.40. The van der Waals surface area contributed by atoms with Crippen molar-refractivity contribution >= 4 is 22.5 Å². The third-order valence-corrected chi connectivity index (χ3v) is 7.23. The van der Waals surface area contributed by atoms with Gasteiger partial charge in [-0.2, -0.15) is 13.2 Å². The van der Waals surface area contributed by atoms with Crippen molar-refractivity contribution in [2.45, 2.75) is 50.6 Å². The molecule has 2 aliphatic heterocycles. The van der Waals surface area contributed by atoms with Crippen LogP contribution < -0.4 is 15.5 Å². The summed E-state index contributed by atoms with van der Waals surface area (Å²) >= 11 is 0. The predicted octanol–water partition coefficient (Wildman–Crippen LogP) is 3.35. The largest absolute Gasteiger partial charge is 0.418 e. The summed E-state index contributed by atoms with van der Waals surface area (Å²) in [6.07, 6.45) is -0.633. The lowest BCUT2D eigenvalue weighted by Crippen LogP contribution is -2.60. The molecule has 0 radical (unpaired) electrons. The number of fused-ring (bicyclic) bond motifs is 3. The van der Waals surface area contributed by atoms with Gasteiger partial charge in [-0.3, -0.25) is 9.78 Å². The second-order valence-corrected chi connectivity index (χ2v) is 9.51. The highest BCUT2D eigenvalue weighted by molar-refractivity contribution is 5.94. The molecule has 5 rings (SSSR count). The van der Waals surface area contributed by atoms with Crippen LogP contribution in [0.2, 0.25) is 0 Å². The van der Waals surface area contributed by atoms with Crippen LogP contribution in [0.1, 0.15) is 31.7 Å². The fraction of sp³-hybridized carbons (Fsp3) is 0.583. The molecular weight excluding hydrogens is 433 g/mol. The van der Waals surface area contributed by atoms with Gasteiger partial charge in [0.1, 0.15) is 0 Å².